The molecule has 2 heterocycles. The summed E-state index contributed by atoms with van der Waals surface area (Å²) in [5, 5.41) is 10.1. The zero-order valence-corrected chi connectivity index (χ0v) is 17.5. The number of carboxylic acid groups (broad SMARTS) is 1. The second kappa shape index (κ2) is 6.31. The molecule has 2 amide bonds. The molecular formula is C14H26N2O8S2+2. The molecule has 0 saturated carbocycles. The van der Waals surface area contributed by atoms with Gasteiger partial charge in [-0.3, -0.25) is 4.18 Å². The van der Waals surface area contributed by atoms with Crippen molar-refractivity contribution >= 4 is 34.7 Å². The van der Waals surface area contributed by atoms with E-state index in [9.17, 15) is 23.1 Å². The van der Waals surface area contributed by atoms with E-state index in [1.54, 1.807) is 34.6 Å². The van der Waals surface area contributed by atoms with E-state index in [0.717, 1.165) is 0 Å². The normalized spacial score (nSPS) is 42.6. The molecule has 2 aliphatic rings. The van der Waals surface area contributed by atoms with E-state index in [4.69, 9.17) is 13.1 Å². The average Bonchev–Trinajstić information content (AvgIpc) is 2.83. The third-order valence-corrected chi connectivity index (χ3v) is 8.19. The van der Waals surface area contributed by atoms with Crippen molar-refractivity contribution in [1.29, 1.82) is 0 Å². The molecule has 0 aromatic heterocycles. The summed E-state index contributed by atoms with van der Waals surface area (Å²) in [6.45, 7) is 10.9. The first-order valence-corrected chi connectivity index (χ1v) is 10.2. The van der Waals surface area contributed by atoms with E-state index in [1.807, 2.05) is 0 Å². The summed E-state index contributed by atoms with van der Waals surface area (Å²) in [5.74, 6) is 0. The van der Waals surface area contributed by atoms with E-state index < -0.39 is 60.4 Å². The Kier molecular flexibility index (Phi) is 5.19. The number of hydrogen-bond donors (Lipinski definition) is 1. The Labute approximate surface area is 157 Å². The summed E-state index contributed by atoms with van der Waals surface area (Å²) in [6, 6.07) is -1.93. The van der Waals surface area contributed by atoms with Crippen LogP contribution in [0.3, 0.4) is 0 Å². The second-order valence-corrected chi connectivity index (χ2v) is 10.1. The van der Waals surface area contributed by atoms with Gasteiger partial charge in [0.1, 0.15) is 17.8 Å². The number of quaternary nitrogens is 2. The Morgan fingerprint density at radius 3 is 1.92 bits per heavy atom. The highest BCUT2D eigenvalue weighted by Crippen LogP contribution is 2.53. The smallest absolute Gasteiger partial charge is 0.431 e. The summed E-state index contributed by atoms with van der Waals surface area (Å²) >= 11 is 0.483. The molecule has 0 aromatic carbocycles. The van der Waals surface area contributed by atoms with Gasteiger partial charge < -0.3 is 9.84 Å². The minimum atomic E-state index is -4.74. The molecule has 12 heteroatoms. The minimum Gasteiger partial charge on any atom is -0.431 e. The van der Waals surface area contributed by atoms with Crippen LogP contribution in [0, 0.1) is 0 Å². The third kappa shape index (κ3) is 2.66. The number of hydrogen-bond acceptors (Lipinski definition) is 8. The van der Waals surface area contributed by atoms with Crippen molar-refractivity contribution in [3.63, 3.8) is 0 Å². The fraction of sp³-hybridized carbons (Fsp3) is 0.857. The van der Waals surface area contributed by atoms with Crippen molar-refractivity contribution in [3.8, 4) is 0 Å². The van der Waals surface area contributed by atoms with Gasteiger partial charge >= 0.3 is 34.7 Å². The largest absolute Gasteiger partial charge is 0.584 e. The number of ether oxygens (including phenoxy) is 1. The molecule has 0 aliphatic carbocycles. The summed E-state index contributed by atoms with van der Waals surface area (Å²) in [7, 11) is -4.74. The molecule has 26 heavy (non-hydrogen) atoms. The highest BCUT2D eigenvalue weighted by Gasteiger charge is 2.85. The van der Waals surface area contributed by atoms with Crippen LogP contribution in [-0.2, 0) is 23.4 Å². The van der Waals surface area contributed by atoms with Crippen LogP contribution >= 0.6 is 12.2 Å². The van der Waals surface area contributed by atoms with E-state index in [0.29, 0.717) is 12.2 Å². The number of carbonyl (C=O) groups is 2. The average molecular weight is 415 g/mol. The quantitative estimate of drug-likeness (QED) is 0.362. The lowest BCUT2D eigenvalue weighted by Crippen LogP contribution is -2.78. The summed E-state index contributed by atoms with van der Waals surface area (Å²) in [5.41, 5.74) is -0.962. The van der Waals surface area contributed by atoms with Gasteiger partial charge in [-0.15, -0.1) is 8.42 Å². The second-order valence-electron chi connectivity index (χ2n) is 7.59. The summed E-state index contributed by atoms with van der Waals surface area (Å²) in [4.78, 5) is 25.7. The minimum absolute atomic E-state index is 0.483. The molecule has 0 radical (unpaired) electrons. The van der Waals surface area contributed by atoms with Crippen molar-refractivity contribution in [3.05, 3.63) is 0 Å². The molecule has 6 unspecified atom stereocenters. The van der Waals surface area contributed by atoms with Crippen molar-refractivity contribution in [2.24, 2.45) is 0 Å². The first kappa shape index (κ1) is 21.4. The van der Waals surface area contributed by atoms with Crippen LogP contribution in [-0.4, -0.2) is 63.6 Å². The van der Waals surface area contributed by atoms with E-state index in [1.165, 1.54) is 13.8 Å². The molecule has 6 atom stereocenters. The Balaban J connectivity index is 2.83. The van der Waals surface area contributed by atoms with Crippen molar-refractivity contribution in [2.75, 3.05) is 0 Å². The molecule has 0 bridgehead atoms. The van der Waals surface area contributed by atoms with E-state index in [2.05, 4.69) is 0 Å². The van der Waals surface area contributed by atoms with Gasteiger partial charge in [0.05, 0.1) is 4.00 Å². The van der Waals surface area contributed by atoms with Gasteiger partial charge in [0.15, 0.2) is 12.1 Å². The van der Waals surface area contributed by atoms with Crippen LogP contribution in [0.5, 0.6) is 0 Å². The topological polar surface area (TPSA) is 116 Å². The lowest BCUT2D eigenvalue weighted by molar-refractivity contribution is -1.32. The van der Waals surface area contributed by atoms with Crippen LogP contribution in [0.4, 0.5) is 9.59 Å². The molecule has 2 aliphatic heterocycles. The van der Waals surface area contributed by atoms with Gasteiger partial charge in [-0.2, -0.15) is 9.59 Å². The lowest BCUT2D eigenvalue weighted by atomic mass is 10.1. The first-order valence-electron chi connectivity index (χ1n) is 8.18. The van der Waals surface area contributed by atoms with Crippen LogP contribution in [0.1, 0.15) is 48.5 Å². The molecule has 150 valence electrons. The number of rotatable bonds is 0. The van der Waals surface area contributed by atoms with Crippen molar-refractivity contribution in [2.45, 2.75) is 78.4 Å². The van der Waals surface area contributed by atoms with Gasteiger partial charge in [-0.05, 0) is 48.5 Å². The zero-order valence-electron chi connectivity index (χ0n) is 15.8. The maximum absolute atomic E-state index is 13.2. The third-order valence-electron chi connectivity index (χ3n) is 4.76. The van der Waals surface area contributed by atoms with Crippen molar-refractivity contribution in [1.82, 2.24) is 0 Å². The zero-order chi connectivity index (χ0) is 20.3. The molecule has 0 aromatic rings. The van der Waals surface area contributed by atoms with Crippen LogP contribution in [0.2, 0.25) is 0 Å². The number of carbonyl (C=O) groups excluding carboxylic acids is 1. The molecule has 10 nitrogen and oxygen atoms in total. The van der Waals surface area contributed by atoms with Crippen LogP contribution < -0.4 is 0 Å². The Morgan fingerprint density at radius 2 is 1.62 bits per heavy atom. The first-order chi connectivity index (χ1) is 11.6. The number of amides is 2. The van der Waals surface area contributed by atoms with Gasteiger partial charge in [0, 0.05) is 4.00 Å². The molecule has 2 saturated heterocycles. The van der Waals surface area contributed by atoms with Crippen molar-refractivity contribution < 1.29 is 44.2 Å². The fourth-order valence-electron chi connectivity index (χ4n) is 3.17. The highest BCUT2D eigenvalue weighted by atomic mass is 32.2. The van der Waals surface area contributed by atoms with Gasteiger partial charge in [-0.25, -0.2) is 4.18 Å². The number of nitrogens with zero attached hydrogens (tertiary/aromatic N) is 2. The maximum Gasteiger partial charge on any atom is 0.584 e. The van der Waals surface area contributed by atoms with Gasteiger partial charge in [0.2, 0.25) is 0 Å². The van der Waals surface area contributed by atoms with E-state index in [-0.39, 0.29) is 0 Å². The monoisotopic (exact) mass is 414 g/mol. The standard InChI is InChI=1S/C14H25N2O8S2/c1-8-10(3)23-25-15(8,13(19)22-14(5,6)7)16(12(17)18)9(2)11(4)24-26(16,20)21/h8-11H,1-7H3/q+1/p+1. The van der Waals surface area contributed by atoms with Crippen LogP contribution in [0.15, 0.2) is 0 Å². The molecule has 1 N–H and O–H groups in total. The predicted molar refractivity (Wildman–Crippen MR) is 91.3 cm³/mol. The highest BCUT2D eigenvalue weighted by molar-refractivity contribution is 7.90. The molecular weight excluding hydrogens is 388 g/mol. The van der Waals surface area contributed by atoms with Crippen LogP contribution in [0.25, 0.3) is 0 Å². The molecule has 0 spiro atoms. The maximum atomic E-state index is 13.2. The Hall–Kier alpha value is -0.920. The van der Waals surface area contributed by atoms with Gasteiger partial charge in [0.25, 0.3) is 0 Å². The lowest BCUT2D eigenvalue weighted by Gasteiger charge is -2.40. The molecule has 2 rings (SSSR count). The van der Waals surface area contributed by atoms with E-state index >= 15 is 0 Å². The summed E-state index contributed by atoms with van der Waals surface area (Å²) < 4.78 is 39.0. The Bertz CT molecular complexity index is 721. The van der Waals surface area contributed by atoms with Gasteiger partial charge in [-0.1, -0.05) is 0 Å². The summed E-state index contributed by atoms with van der Waals surface area (Å²) in [6.07, 6.45) is -4.29. The Morgan fingerprint density at radius 1 is 1.08 bits per heavy atom. The predicted octanol–water partition coefficient (Wildman–Crippen LogP) is 2.57. The SMILES string of the molecule is CC1OS[N+](C(=O)OC(C)(C)C)([N+]2(C(=O)O)C(C)C(C)OS2(=O)=O)C1C. The molecule has 2 fully saturated rings. The fourth-order valence-corrected chi connectivity index (χ4v) is 6.61.